The van der Waals surface area contributed by atoms with Crippen molar-refractivity contribution in [3.8, 4) is 0 Å². The minimum atomic E-state index is -1.03. The third kappa shape index (κ3) is 7.69. The summed E-state index contributed by atoms with van der Waals surface area (Å²) < 4.78 is 0. The molecule has 4 N–H and O–H groups in total. The molecule has 0 radical (unpaired) electrons. The maximum absolute atomic E-state index is 10.8. The van der Waals surface area contributed by atoms with E-state index in [1.54, 1.807) is 0 Å². The van der Waals surface area contributed by atoms with Crippen LogP contribution >= 0.6 is 0 Å². The highest BCUT2D eigenvalue weighted by Crippen LogP contribution is 2.00. The Labute approximate surface area is 90.3 Å². The topological polar surface area (TPSA) is 92.4 Å². The van der Waals surface area contributed by atoms with Gasteiger partial charge in [-0.1, -0.05) is 14.0 Å². The molecule has 0 aliphatic carbocycles. The summed E-state index contributed by atoms with van der Waals surface area (Å²) in [6.07, 6.45) is 2.89. The summed E-state index contributed by atoms with van der Waals surface area (Å²) in [7, 11) is 0. The largest absolute Gasteiger partial charge is 0.480 e. The van der Waals surface area contributed by atoms with Crippen molar-refractivity contribution in [3.63, 3.8) is 0 Å². The van der Waals surface area contributed by atoms with Crippen LogP contribution in [0, 0.1) is 0 Å². The molecule has 0 rings (SSSR count). The molecular weight excluding hydrogens is 196 g/mol. The summed E-state index contributed by atoms with van der Waals surface area (Å²) in [5.41, 5.74) is 5.27. The van der Waals surface area contributed by atoms with Gasteiger partial charge in [0.15, 0.2) is 0 Å². The minimum absolute atomic E-state index is 0. The Bertz CT molecular complexity index is 217. The fraction of sp³-hybridized carbons (Fsp3) is 0.600. The van der Waals surface area contributed by atoms with E-state index in [-0.39, 0.29) is 7.43 Å². The van der Waals surface area contributed by atoms with Crippen LogP contribution in [0.1, 0.15) is 26.7 Å². The molecule has 0 unspecified atom stereocenters. The second kappa shape index (κ2) is 9.21. The van der Waals surface area contributed by atoms with Crippen LogP contribution in [0.5, 0.6) is 0 Å². The van der Waals surface area contributed by atoms with Gasteiger partial charge in [-0.3, -0.25) is 4.79 Å². The summed E-state index contributed by atoms with van der Waals surface area (Å²) in [6.45, 7) is 3.77. The number of hydrogen-bond acceptors (Lipinski definition) is 3. The number of carboxylic acids is 1. The van der Waals surface area contributed by atoms with Crippen LogP contribution in [0.25, 0.3) is 0 Å². The zero-order chi connectivity index (χ0) is 11.0. The Balaban J connectivity index is 0. The van der Waals surface area contributed by atoms with Crippen LogP contribution in [-0.2, 0) is 9.59 Å². The number of hydrogen-bond donors (Lipinski definition) is 3. The molecule has 1 amide bonds. The van der Waals surface area contributed by atoms with Gasteiger partial charge in [0.2, 0.25) is 5.91 Å². The first kappa shape index (κ1) is 16.1. The lowest BCUT2D eigenvalue weighted by Crippen LogP contribution is -2.39. The minimum Gasteiger partial charge on any atom is -0.480 e. The third-order valence-electron chi connectivity index (χ3n) is 1.75. The quantitative estimate of drug-likeness (QED) is 0.427. The van der Waals surface area contributed by atoms with Crippen molar-refractivity contribution in [3.05, 3.63) is 12.7 Å². The van der Waals surface area contributed by atoms with E-state index in [1.165, 1.54) is 0 Å². The second-order valence-electron chi connectivity index (χ2n) is 2.89. The van der Waals surface area contributed by atoms with Crippen molar-refractivity contribution in [2.75, 3.05) is 6.54 Å². The SMILES string of the molecule is C.C=CC(=O)N[C@@H](CCCCN)C(=O)O. The van der Waals surface area contributed by atoms with Crippen LogP contribution in [0.2, 0.25) is 0 Å². The number of aliphatic carboxylic acids is 1. The first-order valence-corrected chi connectivity index (χ1v) is 4.47. The molecule has 0 saturated carbocycles. The van der Waals surface area contributed by atoms with Gasteiger partial charge in [0.1, 0.15) is 6.04 Å². The zero-order valence-electron chi connectivity index (χ0n) is 8.03. The van der Waals surface area contributed by atoms with E-state index in [0.29, 0.717) is 19.4 Å². The number of unbranched alkanes of at least 4 members (excludes halogenated alkanes) is 1. The van der Waals surface area contributed by atoms with Crippen molar-refractivity contribution in [2.45, 2.75) is 32.7 Å². The van der Waals surface area contributed by atoms with Gasteiger partial charge >= 0.3 is 5.97 Å². The summed E-state index contributed by atoms with van der Waals surface area (Å²) in [6, 6.07) is -0.841. The number of carbonyl (C=O) groups excluding carboxylic acids is 1. The van der Waals surface area contributed by atoms with Crippen LogP contribution in [0.4, 0.5) is 0 Å². The molecule has 0 aromatic heterocycles. The van der Waals surface area contributed by atoms with Gasteiger partial charge < -0.3 is 16.2 Å². The predicted molar refractivity (Wildman–Crippen MR) is 59.4 cm³/mol. The van der Waals surface area contributed by atoms with Gasteiger partial charge in [-0.2, -0.15) is 0 Å². The van der Waals surface area contributed by atoms with Crippen molar-refractivity contribution in [1.82, 2.24) is 5.32 Å². The summed E-state index contributed by atoms with van der Waals surface area (Å²) in [4.78, 5) is 21.5. The molecule has 0 aliphatic heterocycles. The van der Waals surface area contributed by atoms with Crippen molar-refractivity contribution in [1.29, 1.82) is 0 Å². The third-order valence-corrected chi connectivity index (χ3v) is 1.75. The molecular formula is C10H20N2O3. The molecule has 5 nitrogen and oxygen atoms in total. The van der Waals surface area contributed by atoms with E-state index in [1.807, 2.05) is 0 Å². The maximum Gasteiger partial charge on any atom is 0.326 e. The van der Waals surface area contributed by atoms with Crippen molar-refractivity contribution < 1.29 is 14.7 Å². The normalized spacial score (nSPS) is 11.0. The Morgan fingerprint density at radius 3 is 2.47 bits per heavy atom. The Hall–Kier alpha value is -1.36. The zero-order valence-corrected chi connectivity index (χ0v) is 8.03. The summed E-state index contributed by atoms with van der Waals surface area (Å²) in [5.74, 6) is -1.50. The molecule has 15 heavy (non-hydrogen) atoms. The van der Waals surface area contributed by atoms with E-state index in [0.717, 1.165) is 12.5 Å². The summed E-state index contributed by atoms with van der Waals surface area (Å²) in [5, 5.41) is 11.1. The highest BCUT2D eigenvalue weighted by atomic mass is 16.4. The Morgan fingerprint density at radius 2 is 2.07 bits per heavy atom. The fourth-order valence-corrected chi connectivity index (χ4v) is 0.981. The molecule has 0 bridgehead atoms. The molecule has 0 aromatic rings. The first-order valence-electron chi connectivity index (χ1n) is 4.47. The molecule has 0 heterocycles. The van der Waals surface area contributed by atoms with E-state index in [2.05, 4.69) is 11.9 Å². The van der Waals surface area contributed by atoms with Crippen LogP contribution in [0.3, 0.4) is 0 Å². The van der Waals surface area contributed by atoms with Crippen LogP contribution in [-0.4, -0.2) is 29.6 Å². The number of nitrogens with two attached hydrogens (primary N) is 1. The smallest absolute Gasteiger partial charge is 0.326 e. The number of amides is 1. The number of carboxylic acid groups (broad SMARTS) is 1. The van der Waals surface area contributed by atoms with Gasteiger partial charge in [0.25, 0.3) is 0 Å². The lowest BCUT2D eigenvalue weighted by molar-refractivity contribution is -0.141. The van der Waals surface area contributed by atoms with Gasteiger partial charge in [-0.15, -0.1) is 0 Å². The van der Waals surface area contributed by atoms with E-state index < -0.39 is 17.9 Å². The molecule has 0 aliphatic rings. The first-order chi connectivity index (χ1) is 6.61. The maximum atomic E-state index is 10.8. The molecule has 88 valence electrons. The van der Waals surface area contributed by atoms with Crippen LogP contribution < -0.4 is 11.1 Å². The fourth-order valence-electron chi connectivity index (χ4n) is 0.981. The Morgan fingerprint density at radius 1 is 1.47 bits per heavy atom. The van der Waals surface area contributed by atoms with Crippen LogP contribution in [0.15, 0.2) is 12.7 Å². The van der Waals surface area contributed by atoms with Gasteiger partial charge in [-0.05, 0) is 31.9 Å². The number of nitrogens with one attached hydrogen (secondary N) is 1. The average Bonchev–Trinajstić information content (AvgIpc) is 2.16. The molecule has 0 saturated heterocycles. The van der Waals surface area contributed by atoms with Gasteiger partial charge in [0.05, 0.1) is 0 Å². The Kier molecular flexibility index (Phi) is 9.87. The van der Waals surface area contributed by atoms with E-state index >= 15 is 0 Å². The van der Waals surface area contributed by atoms with Crippen molar-refractivity contribution >= 4 is 11.9 Å². The van der Waals surface area contributed by atoms with Crippen molar-refractivity contribution in [2.24, 2.45) is 5.73 Å². The highest BCUT2D eigenvalue weighted by Gasteiger charge is 2.17. The molecule has 5 heteroatoms. The standard InChI is InChI=1S/C9H16N2O3.CH4/c1-2-8(12)11-7(9(13)14)5-3-4-6-10;/h2,7H,1,3-6,10H2,(H,11,12)(H,13,14);1H4/t7-;/m0./s1. The van der Waals surface area contributed by atoms with E-state index in [4.69, 9.17) is 10.8 Å². The highest BCUT2D eigenvalue weighted by molar-refractivity contribution is 5.90. The predicted octanol–water partition coefficient (Wildman–Crippen LogP) is 0.507. The average molecular weight is 216 g/mol. The lowest BCUT2D eigenvalue weighted by Gasteiger charge is -2.12. The molecule has 0 aromatic carbocycles. The molecule has 0 fully saturated rings. The van der Waals surface area contributed by atoms with E-state index in [9.17, 15) is 9.59 Å². The summed E-state index contributed by atoms with van der Waals surface area (Å²) >= 11 is 0. The van der Waals surface area contributed by atoms with Gasteiger partial charge in [0, 0.05) is 0 Å². The lowest BCUT2D eigenvalue weighted by atomic mass is 10.1. The second-order valence-corrected chi connectivity index (χ2v) is 2.89. The monoisotopic (exact) mass is 216 g/mol. The number of carbonyl (C=O) groups is 2. The molecule has 1 atom stereocenters. The van der Waals surface area contributed by atoms with Gasteiger partial charge in [-0.25, -0.2) is 4.79 Å². The molecule has 0 spiro atoms. The number of rotatable bonds is 7.